The second-order valence-electron chi connectivity index (χ2n) is 4.92. The highest BCUT2D eigenvalue weighted by molar-refractivity contribution is 6.05. The number of hydrogen-bond acceptors (Lipinski definition) is 2. The van der Waals surface area contributed by atoms with Crippen LogP contribution in [0.2, 0.25) is 0 Å². The van der Waals surface area contributed by atoms with Gasteiger partial charge in [-0.2, -0.15) is 0 Å². The summed E-state index contributed by atoms with van der Waals surface area (Å²) in [5.41, 5.74) is 1.55. The van der Waals surface area contributed by atoms with E-state index in [-0.39, 0.29) is 5.91 Å². The van der Waals surface area contributed by atoms with E-state index in [0.717, 1.165) is 22.4 Å². The largest absolute Gasteiger partial charge is 0.464 e. The first-order chi connectivity index (χ1) is 9.65. The molecule has 0 bridgehead atoms. The van der Waals surface area contributed by atoms with Crippen LogP contribution in [0.15, 0.2) is 47.0 Å². The van der Waals surface area contributed by atoms with Crippen molar-refractivity contribution in [3.05, 3.63) is 59.7 Å². The van der Waals surface area contributed by atoms with Crippen molar-refractivity contribution in [3.63, 3.8) is 0 Å². The fourth-order valence-corrected chi connectivity index (χ4v) is 2.34. The van der Waals surface area contributed by atoms with E-state index in [0.29, 0.717) is 12.1 Å². The zero-order valence-corrected chi connectivity index (χ0v) is 11.5. The van der Waals surface area contributed by atoms with Crippen LogP contribution in [0.25, 0.3) is 10.9 Å². The van der Waals surface area contributed by atoms with Gasteiger partial charge in [-0.1, -0.05) is 12.1 Å². The van der Waals surface area contributed by atoms with Crippen molar-refractivity contribution in [1.82, 2.24) is 9.88 Å². The molecule has 0 unspecified atom stereocenters. The van der Waals surface area contributed by atoms with Gasteiger partial charge in [0.05, 0.1) is 17.6 Å². The van der Waals surface area contributed by atoms with Gasteiger partial charge in [0.1, 0.15) is 11.5 Å². The highest BCUT2D eigenvalue weighted by Gasteiger charge is 2.16. The molecule has 3 aromatic rings. The molecule has 102 valence electrons. The zero-order valence-electron chi connectivity index (χ0n) is 11.5. The second-order valence-corrected chi connectivity index (χ2v) is 4.92. The number of fused-ring (bicyclic) bond motifs is 1. The van der Waals surface area contributed by atoms with Crippen molar-refractivity contribution in [2.75, 3.05) is 7.05 Å². The molecule has 0 spiro atoms. The molecule has 1 aromatic carbocycles. The summed E-state index contributed by atoms with van der Waals surface area (Å²) in [6.45, 7) is 2.36. The van der Waals surface area contributed by atoms with E-state index in [1.165, 1.54) is 0 Å². The Morgan fingerprint density at radius 1 is 1.25 bits per heavy atom. The maximum absolute atomic E-state index is 12.5. The molecular formula is C16H16N2O2. The summed E-state index contributed by atoms with van der Waals surface area (Å²) in [7, 11) is 1.78. The zero-order chi connectivity index (χ0) is 14.1. The minimum atomic E-state index is -0.0212. The lowest BCUT2D eigenvalue weighted by molar-refractivity contribution is 0.0777. The number of H-pyrrole nitrogens is 1. The standard InChI is InChI=1S/C16H16N2O2/c1-11-6-7-13(20-11)10-18(2)16(19)14-5-3-4-12-8-9-17-15(12)14/h3-9,17H,10H2,1-2H3. The molecule has 0 saturated heterocycles. The quantitative estimate of drug-likeness (QED) is 0.792. The van der Waals surface area contributed by atoms with E-state index in [1.807, 2.05) is 49.5 Å². The molecule has 0 aliphatic rings. The predicted octanol–water partition coefficient (Wildman–Crippen LogP) is 3.34. The van der Waals surface area contributed by atoms with Crippen molar-refractivity contribution in [2.45, 2.75) is 13.5 Å². The lowest BCUT2D eigenvalue weighted by Gasteiger charge is -2.16. The number of nitrogens with one attached hydrogen (secondary N) is 1. The van der Waals surface area contributed by atoms with Crippen LogP contribution in [0.4, 0.5) is 0 Å². The fourth-order valence-electron chi connectivity index (χ4n) is 2.34. The third-order valence-electron chi connectivity index (χ3n) is 3.35. The van der Waals surface area contributed by atoms with Crippen LogP contribution in [0.5, 0.6) is 0 Å². The Bertz CT molecular complexity index is 755. The molecule has 4 nitrogen and oxygen atoms in total. The van der Waals surface area contributed by atoms with E-state index in [1.54, 1.807) is 11.9 Å². The van der Waals surface area contributed by atoms with Gasteiger partial charge in [-0.25, -0.2) is 0 Å². The summed E-state index contributed by atoms with van der Waals surface area (Å²) in [5.74, 6) is 1.62. The minimum absolute atomic E-state index is 0.0212. The first-order valence-corrected chi connectivity index (χ1v) is 6.52. The number of carbonyl (C=O) groups is 1. The maximum atomic E-state index is 12.5. The summed E-state index contributed by atoms with van der Waals surface area (Å²) < 4.78 is 5.51. The average Bonchev–Trinajstić information content (AvgIpc) is 3.06. The normalized spacial score (nSPS) is 10.9. The lowest BCUT2D eigenvalue weighted by Crippen LogP contribution is -2.26. The van der Waals surface area contributed by atoms with Gasteiger partial charge in [0.2, 0.25) is 0 Å². The number of aromatic amines is 1. The van der Waals surface area contributed by atoms with Crippen LogP contribution in [-0.4, -0.2) is 22.8 Å². The predicted molar refractivity (Wildman–Crippen MR) is 77.5 cm³/mol. The number of carbonyl (C=O) groups excluding carboxylic acids is 1. The maximum Gasteiger partial charge on any atom is 0.256 e. The molecule has 3 rings (SSSR count). The van der Waals surface area contributed by atoms with E-state index < -0.39 is 0 Å². The van der Waals surface area contributed by atoms with Crippen LogP contribution < -0.4 is 0 Å². The van der Waals surface area contributed by atoms with Gasteiger partial charge < -0.3 is 14.3 Å². The number of para-hydroxylation sites is 1. The Balaban J connectivity index is 1.86. The summed E-state index contributed by atoms with van der Waals surface area (Å²) in [6, 6.07) is 11.5. The van der Waals surface area contributed by atoms with Crippen LogP contribution in [0.3, 0.4) is 0 Å². The SMILES string of the molecule is Cc1ccc(CN(C)C(=O)c2cccc3cc[nH]c23)o1. The molecule has 20 heavy (non-hydrogen) atoms. The van der Waals surface area contributed by atoms with E-state index in [2.05, 4.69) is 4.98 Å². The molecule has 0 aliphatic heterocycles. The number of aromatic nitrogens is 1. The molecule has 4 heteroatoms. The Kier molecular flexibility index (Phi) is 3.06. The molecule has 2 aromatic heterocycles. The first kappa shape index (κ1) is 12.5. The van der Waals surface area contributed by atoms with Crippen LogP contribution in [-0.2, 0) is 6.54 Å². The summed E-state index contributed by atoms with van der Waals surface area (Å²) >= 11 is 0. The second kappa shape index (κ2) is 4.89. The fraction of sp³-hybridized carbons (Fsp3) is 0.188. The molecule has 1 amide bonds. The van der Waals surface area contributed by atoms with E-state index >= 15 is 0 Å². The average molecular weight is 268 g/mol. The monoisotopic (exact) mass is 268 g/mol. The number of nitrogens with zero attached hydrogens (tertiary/aromatic N) is 1. The molecule has 1 N–H and O–H groups in total. The molecule has 0 radical (unpaired) electrons. The third-order valence-corrected chi connectivity index (χ3v) is 3.35. The smallest absolute Gasteiger partial charge is 0.256 e. The molecule has 0 fully saturated rings. The van der Waals surface area contributed by atoms with E-state index in [9.17, 15) is 4.79 Å². The van der Waals surface area contributed by atoms with Crippen LogP contribution in [0, 0.1) is 6.92 Å². The number of rotatable bonds is 3. The van der Waals surface area contributed by atoms with Crippen molar-refractivity contribution in [2.24, 2.45) is 0 Å². The Hall–Kier alpha value is -2.49. The van der Waals surface area contributed by atoms with Crippen LogP contribution >= 0.6 is 0 Å². The number of furan rings is 1. The summed E-state index contributed by atoms with van der Waals surface area (Å²) in [5, 5.41) is 1.04. The van der Waals surface area contributed by atoms with Crippen LogP contribution in [0.1, 0.15) is 21.9 Å². The molecule has 0 saturated carbocycles. The molecule has 0 aliphatic carbocycles. The topological polar surface area (TPSA) is 49.2 Å². The minimum Gasteiger partial charge on any atom is -0.464 e. The van der Waals surface area contributed by atoms with Crippen molar-refractivity contribution in [3.8, 4) is 0 Å². The van der Waals surface area contributed by atoms with Crippen molar-refractivity contribution in [1.29, 1.82) is 0 Å². The highest BCUT2D eigenvalue weighted by atomic mass is 16.3. The van der Waals surface area contributed by atoms with Gasteiger partial charge in [0.15, 0.2) is 0 Å². The van der Waals surface area contributed by atoms with Crippen molar-refractivity contribution >= 4 is 16.8 Å². The number of hydrogen-bond donors (Lipinski definition) is 1. The van der Waals surface area contributed by atoms with Gasteiger partial charge in [-0.05, 0) is 31.2 Å². The lowest BCUT2D eigenvalue weighted by atomic mass is 10.1. The summed E-state index contributed by atoms with van der Waals surface area (Å²) in [4.78, 5) is 17.3. The van der Waals surface area contributed by atoms with Gasteiger partial charge in [0.25, 0.3) is 5.91 Å². The third kappa shape index (κ3) is 2.20. The Morgan fingerprint density at radius 2 is 2.10 bits per heavy atom. The highest BCUT2D eigenvalue weighted by Crippen LogP contribution is 2.19. The Labute approximate surface area is 117 Å². The number of aryl methyl sites for hydroxylation is 1. The molecule has 2 heterocycles. The van der Waals surface area contributed by atoms with Gasteiger partial charge in [-0.3, -0.25) is 4.79 Å². The number of amides is 1. The van der Waals surface area contributed by atoms with Gasteiger partial charge in [-0.15, -0.1) is 0 Å². The van der Waals surface area contributed by atoms with Crippen molar-refractivity contribution < 1.29 is 9.21 Å². The summed E-state index contributed by atoms with van der Waals surface area (Å²) in [6.07, 6.45) is 1.84. The number of benzene rings is 1. The molecular weight excluding hydrogens is 252 g/mol. The first-order valence-electron chi connectivity index (χ1n) is 6.52. The Morgan fingerprint density at radius 3 is 2.85 bits per heavy atom. The molecule has 0 atom stereocenters. The van der Waals surface area contributed by atoms with Gasteiger partial charge in [0, 0.05) is 18.6 Å². The van der Waals surface area contributed by atoms with Gasteiger partial charge >= 0.3 is 0 Å². The van der Waals surface area contributed by atoms with E-state index in [4.69, 9.17) is 4.42 Å².